The maximum atomic E-state index is 12.5. The van der Waals surface area contributed by atoms with Gasteiger partial charge in [0.2, 0.25) is 0 Å². The number of aromatic amines is 1. The summed E-state index contributed by atoms with van der Waals surface area (Å²) in [5.74, 6) is -0.252. The van der Waals surface area contributed by atoms with Crippen LogP contribution in [0.2, 0.25) is 0 Å². The molecular formula is C18H22N4O2S. The van der Waals surface area contributed by atoms with Gasteiger partial charge in [-0.15, -0.1) is 11.3 Å². The lowest BCUT2D eigenvalue weighted by atomic mass is 10.2. The molecule has 0 atom stereocenters. The van der Waals surface area contributed by atoms with E-state index in [0.29, 0.717) is 16.4 Å². The number of likely N-dealkylation sites (tertiary alicyclic amines) is 1. The molecule has 0 unspecified atom stereocenters. The molecule has 1 fully saturated rings. The highest BCUT2D eigenvalue weighted by atomic mass is 32.1. The van der Waals surface area contributed by atoms with Gasteiger partial charge >= 0.3 is 0 Å². The van der Waals surface area contributed by atoms with Gasteiger partial charge < -0.3 is 9.88 Å². The van der Waals surface area contributed by atoms with Gasteiger partial charge in [0, 0.05) is 24.2 Å². The molecule has 1 aliphatic carbocycles. The first-order chi connectivity index (χ1) is 12.2. The number of nitrogens with zero attached hydrogens (tertiary/aromatic N) is 2. The van der Waals surface area contributed by atoms with E-state index in [0.717, 1.165) is 44.5 Å². The third-order valence-electron chi connectivity index (χ3n) is 4.89. The smallest absolute Gasteiger partial charge is 0.270 e. The zero-order chi connectivity index (χ0) is 17.2. The molecule has 7 heteroatoms. The lowest BCUT2D eigenvalue weighted by Crippen LogP contribution is -2.27. The van der Waals surface area contributed by atoms with Crippen LogP contribution in [0.5, 0.6) is 0 Å². The summed E-state index contributed by atoms with van der Waals surface area (Å²) in [4.78, 5) is 35.5. The number of fused-ring (bicyclic) bond motifs is 1. The van der Waals surface area contributed by atoms with E-state index in [-0.39, 0.29) is 11.8 Å². The van der Waals surface area contributed by atoms with E-state index in [1.165, 1.54) is 24.1 Å². The van der Waals surface area contributed by atoms with Crippen LogP contribution in [0.4, 0.5) is 5.13 Å². The van der Waals surface area contributed by atoms with Gasteiger partial charge in [-0.2, -0.15) is 0 Å². The van der Waals surface area contributed by atoms with Crippen molar-refractivity contribution in [2.75, 3.05) is 18.4 Å². The summed E-state index contributed by atoms with van der Waals surface area (Å²) in [6, 6.07) is 1.63. The van der Waals surface area contributed by atoms with Crippen LogP contribution < -0.4 is 5.32 Å². The van der Waals surface area contributed by atoms with Crippen LogP contribution in [0.15, 0.2) is 12.3 Å². The molecule has 0 aromatic carbocycles. The molecule has 3 heterocycles. The highest BCUT2D eigenvalue weighted by molar-refractivity contribution is 7.15. The van der Waals surface area contributed by atoms with Crippen LogP contribution in [-0.4, -0.2) is 39.8 Å². The summed E-state index contributed by atoms with van der Waals surface area (Å²) in [5.41, 5.74) is 2.08. The fourth-order valence-corrected chi connectivity index (χ4v) is 4.54. The molecule has 0 saturated carbocycles. The summed E-state index contributed by atoms with van der Waals surface area (Å²) >= 11 is 1.58. The fraction of sp³-hybridized carbons (Fsp3) is 0.500. The maximum absolute atomic E-state index is 12.5. The van der Waals surface area contributed by atoms with E-state index in [1.54, 1.807) is 23.6 Å². The third-order valence-corrected chi connectivity index (χ3v) is 5.96. The molecule has 2 aromatic rings. The number of H-pyrrole nitrogens is 1. The Morgan fingerprint density at radius 2 is 1.92 bits per heavy atom. The van der Waals surface area contributed by atoms with Gasteiger partial charge in [-0.3, -0.25) is 14.9 Å². The quantitative estimate of drug-likeness (QED) is 0.827. The van der Waals surface area contributed by atoms with Crippen molar-refractivity contribution < 1.29 is 9.59 Å². The molecule has 2 N–H and O–H groups in total. The van der Waals surface area contributed by atoms with Crippen molar-refractivity contribution in [2.45, 2.75) is 44.9 Å². The number of carbonyl (C=O) groups is 2. The van der Waals surface area contributed by atoms with E-state index >= 15 is 0 Å². The summed E-state index contributed by atoms with van der Waals surface area (Å²) < 4.78 is 0. The molecule has 0 radical (unpaired) electrons. The molecule has 132 valence electrons. The lowest BCUT2D eigenvalue weighted by molar-refractivity contribution is 0.0787. The van der Waals surface area contributed by atoms with Gasteiger partial charge in [-0.1, -0.05) is 6.42 Å². The van der Waals surface area contributed by atoms with Crippen LogP contribution in [0.25, 0.3) is 0 Å². The average Bonchev–Trinajstić information content (AvgIpc) is 3.33. The van der Waals surface area contributed by atoms with Crippen molar-refractivity contribution in [3.63, 3.8) is 0 Å². The van der Waals surface area contributed by atoms with Crippen LogP contribution in [-0.2, 0) is 12.8 Å². The first-order valence-electron chi connectivity index (χ1n) is 8.98. The van der Waals surface area contributed by atoms with Gasteiger partial charge in [-0.25, -0.2) is 4.98 Å². The number of amides is 2. The summed E-state index contributed by atoms with van der Waals surface area (Å²) in [6.07, 6.45) is 9.37. The van der Waals surface area contributed by atoms with Crippen LogP contribution in [0, 0.1) is 0 Å². The standard InChI is InChI=1S/C18H22N4O2S/c23-16(21-18-20-13-6-2-1-3-7-15(13)25-18)12-10-14(19-11-12)17(24)22-8-4-5-9-22/h10-11,19H,1-9H2,(H,20,21,23). The molecule has 0 spiro atoms. The fourth-order valence-electron chi connectivity index (χ4n) is 3.49. The maximum Gasteiger partial charge on any atom is 0.270 e. The van der Waals surface area contributed by atoms with E-state index in [9.17, 15) is 9.59 Å². The largest absolute Gasteiger partial charge is 0.356 e. The Morgan fingerprint density at radius 3 is 2.76 bits per heavy atom. The topological polar surface area (TPSA) is 78.1 Å². The van der Waals surface area contributed by atoms with Crippen LogP contribution >= 0.6 is 11.3 Å². The molecule has 2 aliphatic rings. The first-order valence-corrected chi connectivity index (χ1v) is 9.80. The Morgan fingerprint density at radius 1 is 1.12 bits per heavy atom. The van der Waals surface area contributed by atoms with Crippen molar-refractivity contribution in [2.24, 2.45) is 0 Å². The minimum atomic E-state index is -0.222. The number of aryl methyl sites for hydroxylation is 2. The van der Waals surface area contributed by atoms with Crippen molar-refractivity contribution >= 4 is 28.3 Å². The number of carbonyl (C=O) groups excluding carboxylic acids is 2. The van der Waals surface area contributed by atoms with Gasteiger partial charge in [0.1, 0.15) is 5.69 Å². The average molecular weight is 358 g/mol. The van der Waals surface area contributed by atoms with Crippen molar-refractivity contribution in [1.82, 2.24) is 14.9 Å². The highest BCUT2D eigenvalue weighted by Gasteiger charge is 2.22. The number of aromatic nitrogens is 2. The Bertz CT molecular complexity index is 765. The molecule has 1 saturated heterocycles. The van der Waals surface area contributed by atoms with Gasteiger partial charge in [0.25, 0.3) is 11.8 Å². The Kier molecular flexibility index (Phi) is 4.57. The number of hydrogen-bond donors (Lipinski definition) is 2. The summed E-state index contributed by atoms with van der Waals surface area (Å²) in [7, 11) is 0. The molecule has 0 bridgehead atoms. The number of nitrogens with one attached hydrogen (secondary N) is 2. The predicted molar refractivity (Wildman–Crippen MR) is 97.3 cm³/mol. The number of thiazole rings is 1. The minimum Gasteiger partial charge on any atom is -0.356 e. The molecule has 25 heavy (non-hydrogen) atoms. The zero-order valence-electron chi connectivity index (χ0n) is 14.1. The van der Waals surface area contributed by atoms with E-state index in [1.807, 2.05) is 4.90 Å². The van der Waals surface area contributed by atoms with Gasteiger partial charge in [0.05, 0.1) is 11.3 Å². The van der Waals surface area contributed by atoms with Crippen molar-refractivity contribution in [1.29, 1.82) is 0 Å². The van der Waals surface area contributed by atoms with E-state index in [4.69, 9.17) is 0 Å². The third kappa shape index (κ3) is 3.46. The molecule has 2 aromatic heterocycles. The number of rotatable bonds is 3. The van der Waals surface area contributed by atoms with Crippen LogP contribution in [0.3, 0.4) is 0 Å². The SMILES string of the molecule is O=C(Nc1nc2c(s1)CCCCC2)c1c[nH]c(C(=O)N2CCCC2)c1. The predicted octanol–water partition coefficient (Wildman–Crippen LogP) is 3.23. The van der Waals surface area contributed by atoms with Gasteiger partial charge in [-0.05, 0) is 44.6 Å². The second-order valence-corrected chi connectivity index (χ2v) is 7.79. The highest BCUT2D eigenvalue weighted by Crippen LogP contribution is 2.29. The first kappa shape index (κ1) is 16.3. The van der Waals surface area contributed by atoms with Crippen molar-refractivity contribution in [3.8, 4) is 0 Å². The minimum absolute atomic E-state index is 0.0301. The summed E-state index contributed by atoms with van der Waals surface area (Å²) in [6.45, 7) is 1.59. The zero-order valence-corrected chi connectivity index (χ0v) is 15.0. The number of anilines is 1. The monoisotopic (exact) mass is 358 g/mol. The molecule has 4 rings (SSSR count). The molecular weight excluding hydrogens is 336 g/mol. The second kappa shape index (κ2) is 7.00. The normalized spacial score (nSPS) is 17.2. The Labute approximate surface area is 150 Å². The molecule has 6 nitrogen and oxygen atoms in total. The van der Waals surface area contributed by atoms with E-state index < -0.39 is 0 Å². The molecule has 1 aliphatic heterocycles. The Balaban J connectivity index is 1.44. The second-order valence-electron chi connectivity index (χ2n) is 6.71. The van der Waals surface area contributed by atoms with Crippen LogP contribution in [0.1, 0.15) is 63.5 Å². The lowest BCUT2D eigenvalue weighted by Gasteiger charge is -2.13. The van der Waals surface area contributed by atoms with E-state index in [2.05, 4.69) is 15.3 Å². The molecule has 2 amide bonds. The van der Waals surface area contributed by atoms with Crippen molar-refractivity contribution in [3.05, 3.63) is 34.1 Å². The Hall–Kier alpha value is -2.15. The van der Waals surface area contributed by atoms with Gasteiger partial charge in [0.15, 0.2) is 5.13 Å². The summed E-state index contributed by atoms with van der Waals surface area (Å²) in [5, 5.41) is 3.54. The number of hydrogen-bond acceptors (Lipinski definition) is 4.